The van der Waals surface area contributed by atoms with Crippen LogP contribution >= 0.6 is 0 Å². The summed E-state index contributed by atoms with van der Waals surface area (Å²) in [5.41, 5.74) is 10.6. The standard InChI is InChI=1S/C31H33NO5.C29H29NO4/c1-21-23(8-5-13-32-21)17-28(33)24-9-10-26-25(16-24)20-35-29(34)27-19-31(36-14-15-37-31)12-11-30(26,27)18-22-6-3-2-4-7-22;1-19-21(8-5-13-30-19)15-27(32)22-9-10-25-23(14-22)18-34-28(33)26-16-24(31)11-12-29(25,26)17-20-6-3-2-4-7-20/h2-10,13,16,27,29,34H,11-12,14-15,17-20H2,1H3;2-10,13-14,26,28,33H,11-12,15-18H2,1H3/t27-,29?,30-;26-,28?,29-/m11/s1. The zero-order chi connectivity index (χ0) is 49.2. The SMILES string of the molecule is Cc1ncccc1CC(=O)c1ccc2c(c1)COC(O)[C@H]1CC(=O)CC[C@@]21Cc1ccccc1.Cc1ncccc1CC(=O)c1ccc2c(c1)COC(O)[C@H]1CC3(CC[C@@]21Cc1ccccc1)OCCO3. The van der Waals surface area contributed by atoms with Crippen LogP contribution in [0, 0.1) is 25.7 Å². The van der Waals surface area contributed by atoms with E-state index in [2.05, 4.69) is 52.4 Å². The normalized spacial score (nSPS) is 25.3. The molecule has 3 aliphatic heterocycles. The predicted molar refractivity (Wildman–Crippen MR) is 266 cm³/mol. The summed E-state index contributed by atoms with van der Waals surface area (Å²) in [6.07, 6.45) is 7.10. The number of benzene rings is 4. The summed E-state index contributed by atoms with van der Waals surface area (Å²) in [6.45, 7) is 5.46. The molecule has 3 fully saturated rings. The minimum absolute atomic E-state index is 0.0242. The number of pyridine rings is 2. The smallest absolute Gasteiger partial charge is 0.169 e. The van der Waals surface area contributed by atoms with Gasteiger partial charge in [0.2, 0.25) is 0 Å². The summed E-state index contributed by atoms with van der Waals surface area (Å²) in [4.78, 5) is 47.4. The van der Waals surface area contributed by atoms with Gasteiger partial charge in [-0.25, -0.2) is 0 Å². The molecule has 6 aromatic rings. The molecule has 2 saturated carbocycles. The Morgan fingerprint density at radius 1 is 0.606 bits per heavy atom. The molecule has 5 heterocycles. The fourth-order valence-corrected chi connectivity index (χ4v) is 12.3. The van der Waals surface area contributed by atoms with Crippen LogP contribution in [0.25, 0.3) is 0 Å². The van der Waals surface area contributed by atoms with Gasteiger partial charge in [-0.05, 0) is 108 Å². The molecular formula is C60H62N2O9. The van der Waals surface area contributed by atoms with Crippen LogP contribution in [-0.4, -0.2) is 69.1 Å². The van der Waals surface area contributed by atoms with Crippen molar-refractivity contribution in [2.24, 2.45) is 11.8 Å². The highest BCUT2D eigenvalue weighted by Crippen LogP contribution is 2.55. The Morgan fingerprint density at radius 3 is 1.61 bits per heavy atom. The van der Waals surface area contributed by atoms with Gasteiger partial charge < -0.3 is 29.2 Å². The molecule has 0 radical (unpaired) electrons. The van der Waals surface area contributed by atoms with E-state index in [4.69, 9.17) is 18.9 Å². The Bertz CT molecular complexity index is 2900. The summed E-state index contributed by atoms with van der Waals surface area (Å²) in [6, 6.07) is 40.1. The number of aliphatic hydroxyl groups excluding tert-OH is 2. The first-order chi connectivity index (χ1) is 34.4. The molecule has 2 aromatic heterocycles. The molecule has 11 rings (SSSR count). The van der Waals surface area contributed by atoms with Crippen LogP contribution in [0.4, 0.5) is 0 Å². The van der Waals surface area contributed by atoms with Gasteiger partial charge in [0.1, 0.15) is 5.78 Å². The van der Waals surface area contributed by atoms with E-state index in [1.54, 1.807) is 12.4 Å². The van der Waals surface area contributed by atoms with E-state index in [9.17, 15) is 24.6 Å². The zero-order valence-electron chi connectivity index (χ0n) is 40.6. The molecule has 4 aromatic carbocycles. The van der Waals surface area contributed by atoms with Crippen molar-refractivity contribution in [1.82, 2.24) is 9.97 Å². The lowest BCUT2D eigenvalue weighted by Crippen LogP contribution is -2.53. The van der Waals surface area contributed by atoms with Gasteiger partial charge in [-0.2, -0.15) is 0 Å². The molecule has 366 valence electrons. The number of nitrogens with zero attached hydrogens (tertiary/aromatic N) is 2. The first-order valence-corrected chi connectivity index (χ1v) is 25.1. The lowest BCUT2D eigenvalue weighted by molar-refractivity contribution is -0.237. The molecule has 2 unspecified atom stereocenters. The maximum Gasteiger partial charge on any atom is 0.169 e. The summed E-state index contributed by atoms with van der Waals surface area (Å²) >= 11 is 0. The average molecular weight is 955 g/mol. The van der Waals surface area contributed by atoms with Gasteiger partial charge in [-0.15, -0.1) is 0 Å². The van der Waals surface area contributed by atoms with Gasteiger partial charge >= 0.3 is 0 Å². The van der Waals surface area contributed by atoms with Crippen molar-refractivity contribution < 1.29 is 43.5 Å². The number of ketones is 3. The number of rotatable bonds is 10. The van der Waals surface area contributed by atoms with Crippen LogP contribution in [-0.2, 0) is 73.5 Å². The Hall–Kier alpha value is -6.05. The highest BCUT2D eigenvalue weighted by atomic mass is 16.7. The fraction of sp³-hybridized carbons (Fsp3) is 0.383. The number of Topliss-reactive ketones (excluding diaryl/α,β-unsaturated/α-hetero) is 3. The lowest BCUT2D eigenvalue weighted by Gasteiger charge is -2.50. The van der Waals surface area contributed by atoms with Crippen molar-refractivity contribution in [2.45, 2.75) is 120 Å². The summed E-state index contributed by atoms with van der Waals surface area (Å²) in [5.74, 6) is -0.950. The second kappa shape index (κ2) is 20.6. The molecule has 71 heavy (non-hydrogen) atoms. The topological polar surface area (TPSA) is 154 Å². The number of hydrogen-bond acceptors (Lipinski definition) is 11. The highest BCUT2D eigenvalue weighted by molar-refractivity contribution is 5.98. The maximum atomic E-state index is 13.3. The van der Waals surface area contributed by atoms with E-state index in [-0.39, 0.29) is 54.2 Å². The molecule has 1 saturated heterocycles. The van der Waals surface area contributed by atoms with E-state index in [1.165, 1.54) is 5.56 Å². The molecule has 2 N–H and O–H groups in total. The maximum absolute atomic E-state index is 13.3. The van der Waals surface area contributed by atoms with Gasteiger partial charge in [0.25, 0.3) is 0 Å². The number of hydrogen-bond donors (Lipinski definition) is 2. The van der Waals surface area contributed by atoms with Crippen LogP contribution < -0.4 is 0 Å². The number of aliphatic hydroxyl groups is 2. The highest BCUT2D eigenvalue weighted by Gasteiger charge is 2.57. The predicted octanol–water partition coefficient (Wildman–Crippen LogP) is 9.20. The van der Waals surface area contributed by atoms with E-state index >= 15 is 0 Å². The van der Waals surface area contributed by atoms with E-state index < -0.39 is 23.8 Å². The third kappa shape index (κ3) is 9.96. The first-order valence-electron chi connectivity index (χ1n) is 25.1. The largest absolute Gasteiger partial charge is 0.368 e. The minimum atomic E-state index is -1.03. The van der Waals surface area contributed by atoms with Gasteiger partial charge in [0.15, 0.2) is 29.9 Å². The van der Waals surface area contributed by atoms with Crippen LogP contribution in [0.5, 0.6) is 0 Å². The van der Waals surface area contributed by atoms with Crippen molar-refractivity contribution in [1.29, 1.82) is 0 Å². The summed E-state index contributed by atoms with van der Waals surface area (Å²) in [5, 5.41) is 22.3. The van der Waals surface area contributed by atoms with Crippen LogP contribution in [0.15, 0.2) is 134 Å². The Labute approximate surface area is 415 Å². The Balaban J connectivity index is 0.000000165. The Morgan fingerprint density at radius 2 is 1.10 bits per heavy atom. The molecule has 6 atom stereocenters. The third-order valence-electron chi connectivity index (χ3n) is 16.1. The minimum Gasteiger partial charge on any atom is -0.368 e. The van der Waals surface area contributed by atoms with Crippen molar-refractivity contribution in [3.63, 3.8) is 0 Å². The molecule has 5 aliphatic rings. The first kappa shape index (κ1) is 48.6. The second-order valence-corrected chi connectivity index (χ2v) is 20.2. The Kier molecular flexibility index (Phi) is 14.1. The van der Waals surface area contributed by atoms with E-state index in [1.807, 2.05) is 92.7 Å². The van der Waals surface area contributed by atoms with Crippen LogP contribution in [0.3, 0.4) is 0 Å². The fourth-order valence-electron chi connectivity index (χ4n) is 12.3. The second-order valence-electron chi connectivity index (χ2n) is 20.2. The number of carbonyl (C=O) groups is 3. The quantitative estimate of drug-likeness (QED) is 0.126. The number of aryl methyl sites for hydroxylation is 2. The molecule has 11 nitrogen and oxygen atoms in total. The van der Waals surface area contributed by atoms with Crippen LogP contribution in [0.1, 0.15) is 115 Å². The van der Waals surface area contributed by atoms with Crippen molar-refractivity contribution >= 4 is 17.3 Å². The molecule has 0 bridgehead atoms. The van der Waals surface area contributed by atoms with E-state index in [0.29, 0.717) is 62.9 Å². The third-order valence-corrected chi connectivity index (χ3v) is 16.1. The van der Waals surface area contributed by atoms with Gasteiger partial charge in [0.05, 0.1) is 26.4 Å². The summed E-state index contributed by atoms with van der Waals surface area (Å²) < 4.78 is 24.1. The molecule has 0 amide bonds. The van der Waals surface area contributed by atoms with Gasteiger partial charge in [0, 0.05) is 96.1 Å². The van der Waals surface area contributed by atoms with Crippen molar-refractivity contribution in [3.05, 3.63) is 201 Å². The van der Waals surface area contributed by atoms with E-state index in [0.717, 1.165) is 69.6 Å². The number of fused-ring (bicyclic) bond motifs is 6. The summed E-state index contributed by atoms with van der Waals surface area (Å²) in [7, 11) is 0. The monoisotopic (exact) mass is 954 g/mol. The molecule has 11 heteroatoms. The number of aromatic nitrogens is 2. The molecule has 2 aliphatic carbocycles. The van der Waals surface area contributed by atoms with Crippen molar-refractivity contribution in [3.8, 4) is 0 Å². The molecule has 1 spiro atoms. The lowest BCUT2D eigenvalue weighted by atomic mass is 9.57. The van der Waals surface area contributed by atoms with Crippen molar-refractivity contribution in [2.75, 3.05) is 13.2 Å². The average Bonchev–Trinajstić information content (AvgIpc) is 3.77. The number of carbonyl (C=O) groups excluding carboxylic acids is 3. The van der Waals surface area contributed by atoms with Crippen LogP contribution in [0.2, 0.25) is 0 Å². The van der Waals surface area contributed by atoms with Gasteiger partial charge in [-0.3, -0.25) is 24.4 Å². The zero-order valence-corrected chi connectivity index (χ0v) is 40.6. The van der Waals surface area contributed by atoms with Gasteiger partial charge in [-0.1, -0.05) is 97.1 Å². The number of ether oxygens (including phenoxy) is 4. The molecular weight excluding hydrogens is 893 g/mol.